The van der Waals surface area contributed by atoms with Gasteiger partial charge < -0.3 is 52.5 Å². The molecule has 2 aliphatic heterocycles. The van der Waals surface area contributed by atoms with Crippen LogP contribution >= 0.6 is 0 Å². The normalized spacial score (nSPS) is 37.4. The summed E-state index contributed by atoms with van der Waals surface area (Å²) in [6.07, 6.45) is -6.88. The molecule has 0 radical (unpaired) electrons. The number of ether oxygens (including phenoxy) is 10. The molecule has 68 heavy (non-hydrogen) atoms. The molecular formula is C46H61N3O19. The van der Waals surface area contributed by atoms with Gasteiger partial charge in [-0.25, -0.2) is 4.68 Å². The van der Waals surface area contributed by atoms with Gasteiger partial charge in [-0.05, 0) is 74.7 Å². The second-order valence-electron chi connectivity index (χ2n) is 18.9. The number of rotatable bonds is 13. The topological polar surface area (TPSA) is 280 Å². The highest BCUT2D eigenvalue weighted by atomic mass is 16.8. The van der Waals surface area contributed by atoms with Crippen molar-refractivity contribution >= 4 is 47.6 Å². The summed E-state index contributed by atoms with van der Waals surface area (Å²) in [6, 6.07) is 0. The first-order chi connectivity index (χ1) is 32.1. The van der Waals surface area contributed by atoms with Crippen molar-refractivity contribution in [1.82, 2.24) is 15.0 Å². The van der Waals surface area contributed by atoms with Crippen LogP contribution in [0.25, 0.3) is 0 Å². The second-order valence-corrected chi connectivity index (χ2v) is 18.9. The summed E-state index contributed by atoms with van der Waals surface area (Å²) < 4.78 is 59.4. The Morgan fingerprint density at radius 3 is 1.82 bits per heavy atom. The first-order valence-corrected chi connectivity index (χ1v) is 23.1. The van der Waals surface area contributed by atoms with Gasteiger partial charge in [0.15, 0.2) is 48.8 Å². The Hall–Kier alpha value is -5.32. The van der Waals surface area contributed by atoms with E-state index in [1.54, 1.807) is 0 Å². The van der Waals surface area contributed by atoms with E-state index in [0.29, 0.717) is 37.0 Å². The number of esters is 7. The lowest BCUT2D eigenvalue weighted by Gasteiger charge is -2.55. The Morgan fingerprint density at radius 1 is 0.662 bits per heavy atom. The number of hydrogen-bond acceptors (Lipinski definition) is 21. The molecule has 374 valence electrons. The fourth-order valence-electron chi connectivity index (χ4n) is 11.9. The molecule has 3 heterocycles. The highest BCUT2D eigenvalue weighted by Crippen LogP contribution is 2.67. The van der Waals surface area contributed by atoms with Crippen molar-refractivity contribution < 1.29 is 90.8 Å². The number of hydrogen-bond donors (Lipinski definition) is 1. The van der Waals surface area contributed by atoms with E-state index < -0.39 is 127 Å². The van der Waals surface area contributed by atoms with Crippen LogP contribution in [0.5, 0.6) is 0 Å². The maximum absolute atomic E-state index is 13.0. The van der Waals surface area contributed by atoms with Crippen molar-refractivity contribution in [2.45, 2.75) is 174 Å². The molecule has 22 heteroatoms. The number of ketones is 1. The minimum atomic E-state index is -1.85. The first-order valence-electron chi connectivity index (χ1n) is 23.1. The quantitative estimate of drug-likeness (QED) is 0.219. The van der Waals surface area contributed by atoms with Crippen LogP contribution in [0.15, 0.2) is 17.8 Å². The number of nitrogens with zero attached hydrogens (tertiary/aromatic N) is 3. The third kappa shape index (κ3) is 10.3. The Morgan fingerprint density at radius 2 is 1.22 bits per heavy atom. The zero-order valence-corrected chi connectivity index (χ0v) is 39.4. The molecular weight excluding hydrogens is 899 g/mol. The van der Waals surface area contributed by atoms with E-state index in [-0.39, 0.29) is 17.4 Å². The summed E-state index contributed by atoms with van der Waals surface area (Å²) in [7, 11) is 0. The lowest BCUT2D eigenvalue weighted by atomic mass is 9.50. The second kappa shape index (κ2) is 20.3. The summed E-state index contributed by atoms with van der Waals surface area (Å²) in [5.41, 5.74) is -0.563. The monoisotopic (exact) mass is 959 g/mol. The number of carbonyl (C=O) groups is 8. The third-order valence-electron chi connectivity index (χ3n) is 14.6. The highest BCUT2D eigenvalue weighted by Gasteiger charge is 2.64. The van der Waals surface area contributed by atoms with Gasteiger partial charge in [-0.2, -0.15) is 0 Å². The predicted octanol–water partition coefficient (Wildman–Crippen LogP) is 2.40. The van der Waals surface area contributed by atoms with E-state index in [2.05, 4.69) is 17.2 Å². The van der Waals surface area contributed by atoms with Gasteiger partial charge in [0, 0.05) is 60.3 Å². The van der Waals surface area contributed by atoms with Crippen molar-refractivity contribution in [2.75, 3.05) is 13.2 Å². The van der Waals surface area contributed by atoms with Gasteiger partial charge in [-0.15, -0.1) is 5.10 Å². The molecule has 0 aromatic carbocycles. The molecule has 0 spiro atoms. The summed E-state index contributed by atoms with van der Waals surface area (Å²) in [4.78, 5) is 100. The Labute approximate surface area is 392 Å². The van der Waals surface area contributed by atoms with Crippen LogP contribution in [-0.2, 0) is 91.3 Å². The molecule has 1 aromatic rings. The smallest absolute Gasteiger partial charge is 0.303 e. The summed E-state index contributed by atoms with van der Waals surface area (Å²) in [5, 5.41) is 21.7. The zero-order chi connectivity index (χ0) is 49.4. The van der Waals surface area contributed by atoms with Gasteiger partial charge in [0.05, 0.1) is 6.20 Å². The van der Waals surface area contributed by atoms with Crippen LogP contribution < -0.4 is 0 Å². The standard InChI is InChI=1S/C46H61N3O19/c1-21(50)59-19-34-38(68-44-42(65-27(7)56)40(63-25(5)54)37(61-23(3)52)35(67-44)20-60-22(2)51)39(62-24(4)53)41(64-26(6)55)43(66-34)49-18-36(47-48-49)46(58)16-14-33-32-11-9-28-17-29(57)10-12-30(28)31(32)13-15-45(33,46)8/h17-18,30-35,37-44,58H,9-16,19-20H2,1-8H3/t30-,31+,32+,33-,34+,35+,37-,38+,39-,40-,41+,42+,43+,44-,45-,46+/m0/s1. The van der Waals surface area contributed by atoms with E-state index in [0.717, 1.165) is 80.6 Å². The van der Waals surface area contributed by atoms with Crippen LogP contribution in [0.1, 0.15) is 119 Å². The molecule has 3 saturated carbocycles. The van der Waals surface area contributed by atoms with Crippen molar-refractivity contribution in [1.29, 1.82) is 0 Å². The molecule has 0 amide bonds. The molecule has 6 aliphatic rings. The fraction of sp³-hybridized carbons (Fsp3) is 0.739. The summed E-state index contributed by atoms with van der Waals surface area (Å²) in [5.74, 6) is -4.52. The average Bonchev–Trinajstić information content (AvgIpc) is 3.85. The number of carbonyl (C=O) groups excluding carboxylic acids is 8. The largest absolute Gasteiger partial charge is 0.463 e. The molecule has 16 atom stereocenters. The molecule has 22 nitrogen and oxygen atoms in total. The van der Waals surface area contributed by atoms with Gasteiger partial charge in [0.25, 0.3) is 0 Å². The van der Waals surface area contributed by atoms with Crippen LogP contribution in [0.2, 0.25) is 0 Å². The molecule has 0 bridgehead atoms. The third-order valence-corrected chi connectivity index (χ3v) is 14.6. The lowest BCUT2D eigenvalue weighted by molar-refractivity contribution is -0.349. The van der Waals surface area contributed by atoms with E-state index in [4.69, 9.17) is 47.4 Å². The molecule has 5 fully saturated rings. The Bertz CT molecular complexity index is 2180. The van der Waals surface area contributed by atoms with Gasteiger partial charge >= 0.3 is 41.8 Å². The molecule has 0 unspecified atom stereocenters. The number of fused-ring (bicyclic) bond motifs is 5. The SMILES string of the molecule is CC(=O)OC[C@H]1O[C@@H](O[C@H]2[C@H](OC(C)=O)[C@@H](OC(C)=O)[C@H](n3cc([C@]4(O)CC[C@H]5[C@@H]6CCC7=CC(=O)CC[C@@H]7[C@H]6CC[C@@]54C)nn3)O[C@@H]2COC(C)=O)[C@H](OC(C)=O)[C@@H](OC(C)=O)[C@H]1OC(C)=O. The molecule has 4 aliphatic carbocycles. The van der Waals surface area contributed by atoms with Crippen LogP contribution in [0, 0.1) is 29.1 Å². The van der Waals surface area contributed by atoms with Crippen LogP contribution in [-0.4, -0.2) is 136 Å². The Balaban J connectivity index is 1.24. The van der Waals surface area contributed by atoms with E-state index >= 15 is 0 Å². The number of aromatic nitrogens is 3. The molecule has 1 aromatic heterocycles. The van der Waals surface area contributed by atoms with Crippen molar-refractivity contribution in [3.8, 4) is 0 Å². The maximum atomic E-state index is 13.0. The van der Waals surface area contributed by atoms with Crippen molar-refractivity contribution in [3.63, 3.8) is 0 Å². The van der Waals surface area contributed by atoms with Crippen molar-refractivity contribution in [3.05, 3.63) is 23.5 Å². The van der Waals surface area contributed by atoms with Crippen molar-refractivity contribution in [2.24, 2.45) is 29.1 Å². The molecule has 7 rings (SSSR count). The minimum absolute atomic E-state index is 0.158. The van der Waals surface area contributed by atoms with Crippen LogP contribution in [0.4, 0.5) is 0 Å². The summed E-state index contributed by atoms with van der Waals surface area (Å²) in [6.45, 7) is 8.46. The van der Waals surface area contributed by atoms with E-state index in [9.17, 15) is 43.5 Å². The summed E-state index contributed by atoms with van der Waals surface area (Å²) >= 11 is 0. The minimum Gasteiger partial charge on any atom is -0.463 e. The van der Waals surface area contributed by atoms with Gasteiger partial charge in [0.2, 0.25) is 0 Å². The average molecular weight is 960 g/mol. The number of aliphatic hydroxyl groups is 1. The fourth-order valence-corrected chi connectivity index (χ4v) is 11.9. The highest BCUT2D eigenvalue weighted by molar-refractivity contribution is 5.91. The Kier molecular flexibility index (Phi) is 15.1. The number of allylic oxidation sites excluding steroid dienone is 1. The zero-order valence-electron chi connectivity index (χ0n) is 39.4. The predicted molar refractivity (Wildman–Crippen MR) is 224 cm³/mol. The van der Waals surface area contributed by atoms with Gasteiger partial charge in [0.1, 0.15) is 42.8 Å². The molecule has 2 saturated heterocycles. The first kappa shape index (κ1) is 50.6. The lowest BCUT2D eigenvalue weighted by Crippen LogP contribution is -2.66. The molecule has 1 N–H and O–H groups in total. The van der Waals surface area contributed by atoms with E-state index in [1.165, 1.54) is 16.5 Å². The maximum Gasteiger partial charge on any atom is 0.303 e. The van der Waals surface area contributed by atoms with Gasteiger partial charge in [-0.1, -0.05) is 17.7 Å². The van der Waals surface area contributed by atoms with E-state index in [1.807, 2.05) is 6.08 Å². The van der Waals surface area contributed by atoms with Gasteiger partial charge in [-0.3, -0.25) is 38.4 Å². The van der Waals surface area contributed by atoms with Crippen LogP contribution in [0.3, 0.4) is 0 Å².